The predicted octanol–water partition coefficient (Wildman–Crippen LogP) is 1.74. The highest BCUT2D eigenvalue weighted by Gasteiger charge is 2.16. The molecule has 1 aliphatic rings. The zero-order valence-corrected chi connectivity index (χ0v) is 11.3. The van der Waals surface area contributed by atoms with E-state index in [0.717, 1.165) is 18.8 Å². The number of benzene rings is 1. The second kappa shape index (κ2) is 6.76. The van der Waals surface area contributed by atoms with Crippen molar-refractivity contribution < 1.29 is 9.69 Å². The van der Waals surface area contributed by atoms with E-state index in [0.29, 0.717) is 11.6 Å². The summed E-state index contributed by atoms with van der Waals surface area (Å²) in [5.74, 6) is 0.0919. The van der Waals surface area contributed by atoms with Crippen molar-refractivity contribution >= 4 is 23.2 Å². The van der Waals surface area contributed by atoms with Gasteiger partial charge in [0.2, 0.25) is 0 Å². The molecule has 0 aromatic heterocycles. The van der Waals surface area contributed by atoms with E-state index in [1.54, 1.807) is 12.1 Å². The number of rotatable bonds is 3. The third kappa shape index (κ3) is 4.31. The minimum atomic E-state index is 0.0919. The quantitative estimate of drug-likeness (QED) is 0.859. The summed E-state index contributed by atoms with van der Waals surface area (Å²) in [6.07, 6.45) is 5.09. The Morgan fingerprint density at radius 1 is 1.11 bits per heavy atom. The molecule has 0 saturated carbocycles. The Bertz CT molecular complexity index is 383. The maximum atomic E-state index is 11.9. The van der Waals surface area contributed by atoms with Gasteiger partial charge in [0, 0.05) is 10.7 Å². The molecule has 0 spiro atoms. The van der Waals surface area contributed by atoms with Crippen molar-refractivity contribution in [1.29, 1.82) is 0 Å². The second-order valence-electron chi connectivity index (χ2n) is 4.90. The van der Waals surface area contributed by atoms with Crippen LogP contribution in [-0.2, 0) is 4.79 Å². The van der Waals surface area contributed by atoms with Crippen LogP contribution in [0.4, 0.5) is 5.69 Å². The van der Waals surface area contributed by atoms with Crippen LogP contribution in [0, 0.1) is 0 Å². The van der Waals surface area contributed by atoms with Crippen LogP contribution < -0.4 is 10.2 Å². The molecule has 0 aliphatic carbocycles. The van der Waals surface area contributed by atoms with Crippen LogP contribution in [0.2, 0.25) is 5.02 Å². The number of quaternary nitrogens is 1. The molecule has 0 unspecified atom stereocenters. The fourth-order valence-electron chi connectivity index (χ4n) is 2.37. The fourth-order valence-corrected chi connectivity index (χ4v) is 2.50. The van der Waals surface area contributed by atoms with E-state index >= 15 is 0 Å². The third-order valence-corrected chi connectivity index (χ3v) is 3.60. The molecule has 1 fully saturated rings. The highest BCUT2D eigenvalue weighted by molar-refractivity contribution is 6.30. The van der Waals surface area contributed by atoms with Gasteiger partial charge in [-0.25, -0.2) is 0 Å². The van der Waals surface area contributed by atoms with Gasteiger partial charge in [0.25, 0.3) is 5.91 Å². The number of likely N-dealkylation sites (tertiary alicyclic amines) is 1. The van der Waals surface area contributed by atoms with E-state index < -0.39 is 0 Å². The number of hydrogen-bond donors (Lipinski definition) is 2. The van der Waals surface area contributed by atoms with E-state index in [2.05, 4.69) is 5.32 Å². The van der Waals surface area contributed by atoms with E-state index in [4.69, 9.17) is 11.6 Å². The maximum Gasteiger partial charge on any atom is 0.279 e. The standard InChI is InChI=1S/C14H19ClN2O/c15-12-5-7-13(8-6-12)16-14(18)11-17-9-3-1-2-4-10-17/h5-8H,1-4,9-11H2,(H,16,18)/p+1. The van der Waals surface area contributed by atoms with E-state index in [-0.39, 0.29) is 5.91 Å². The molecule has 0 radical (unpaired) electrons. The largest absolute Gasteiger partial charge is 0.327 e. The molecule has 1 aromatic rings. The monoisotopic (exact) mass is 267 g/mol. The van der Waals surface area contributed by atoms with Crippen LogP contribution in [0.1, 0.15) is 25.7 Å². The highest BCUT2D eigenvalue weighted by atomic mass is 35.5. The zero-order valence-electron chi connectivity index (χ0n) is 10.5. The minimum absolute atomic E-state index is 0.0919. The first-order valence-corrected chi connectivity index (χ1v) is 7.01. The van der Waals surface area contributed by atoms with Crippen molar-refractivity contribution in [3.05, 3.63) is 29.3 Å². The number of nitrogens with one attached hydrogen (secondary N) is 2. The lowest BCUT2D eigenvalue weighted by Crippen LogP contribution is -3.12. The summed E-state index contributed by atoms with van der Waals surface area (Å²) in [7, 11) is 0. The Kier molecular flexibility index (Phi) is 5.02. The Balaban J connectivity index is 1.82. The summed E-state index contributed by atoms with van der Waals surface area (Å²) in [4.78, 5) is 13.3. The molecule has 1 aromatic carbocycles. The predicted molar refractivity (Wildman–Crippen MR) is 74.1 cm³/mol. The van der Waals surface area contributed by atoms with Gasteiger partial charge in [0.05, 0.1) is 13.1 Å². The van der Waals surface area contributed by atoms with Gasteiger partial charge in [-0.3, -0.25) is 4.79 Å². The van der Waals surface area contributed by atoms with Crippen molar-refractivity contribution in [1.82, 2.24) is 0 Å². The molecular weight excluding hydrogens is 248 g/mol. The van der Waals surface area contributed by atoms with Crippen LogP contribution >= 0.6 is 11.6 Å². The first-order chi connectivity index (χ1) is 8.74. The van der Waals surface area contributed by atoms with Crippen LogP contribution in [0.15, 0.2) is 24.3 Å². The Morgan fingerprint density at radius 2 is 1.72 bits per heavy atom. The average Bonchev–Trinajstić information content (AvgIpc) is 2.61. The molecule has 1 saturated heterocycles. The van der Waals surface area contributed by atoms with Crippen LogP contribution in [-0.4, -0.2) is 25.5 Å². The molecule has 3 nitrogen and oxygen atoms in total. The maximum absolute atomic E-state index is 11.9. The molecule has 1 heterocycles. The molecule has 0 bridgehead atoms. The van der Waals surface area contributed by atoms with Crippen molar-refractivity contribution in [2.45, 2.75) is 25.7 Å². The minimum Gasteiger partial charge on any atom is -0.327 e. The van der Waals surface area contributed by atoms with Crippen LogP contribution in [0.5, 0.6) is 0 Å². The van der Waals surface area contributed by atoms with E-state index in [1.807, 2.05) is 12.1 Å². The topological polar surface area (TPSA) is 33.5 Å². The Labute approximate surface area is 113 Å². The lowest BCUT2D eigenvalue weighted by atomic mass is 10.2. The average molecular weight is 268 g/mol. The number of anilines is 1. The number of hydrogen-bond acceptors (Lipinski definition) is 1. The number of carbonyl (C=O) groups excluding carboxylic acids is 1. The van der Waals surface area contributed by atoms with Crippen molar-refractivity contribution in [2.24, 2.45) is 0 Å². The van der Waals surface area contributed by atoms with Crippen LogP contribution in [0.25, 0.3) is 0 Å². The van der Waals surface area contributed by atoms with Gasteiger partial charge >= 0.3 is 0 Å². The second-order valence-corrected chi connectivity index (χ2v) is 5.33. The fraction of sp³-hybridized carbons (Fsp3) is 0.500. The molecule has 2 N–H and O–H groups in total. The molecular formula is C14H20ClN2O+. The van der Waals surface area contributed by atoms with Gasteiger partial charge in [-0.2, -0.15) is 0 Å². The van der Waals surface area contributed by atoms with Crippen molar-refractivity contribution in [3.63, 3.8) is 0 Å². The molecule has 98 valence electrons. The number of halogens is 1. The summed E-state index contributed by atoms with van der Waals surface area (Å²) in [5.41, 5.74) is 0.818. The molecule has 0 atom stereocenters. The third-order valence-electron chi connectivity index (χ3n) is 3.35. The van der Waals surface area contributed by atoms with Crippen molar-refractivity contribution in [2.75, 3.05) is 25.0 Å². The zero-order chi connectivity index (χ0) is 12.8. The Morgan fingerprint density at radius 3 is 2.33 bits per heavy atom. The van der Waals surface area contributed by atoms with Gasteiger partial charge in [-0.15, -0.1) is 0 Å². The smallest absolute Gasteiger partial charge is 0.279 e. The van der Waals surface area contributed by atoms with E-state index in [9.17, 15) is 4.79 Å². The summed E-state index contributed by atoms with van der Waals surface area (Å²) in [6.45, 7) is 2.81. The van der Waals surface area contributed by atoms with Gasteiger partial charge in [0.1, 0.15) is 0 Å². The van der Waals surface area contributed by atoms with Crippen LogP contribution in [0.3, 0.4) is 0 Å². The Hall–Kier alpha value is -1.06. The lowest BCUT2D eigenvalue weighted by Gasteiger charge is -2.16. The molecule has 1 amide bonds. The summed E-state index contributed by atoms with van der Waals surface area (Å²) >= 11 is 5.81. The van der Waals surface area contributed by atoms with Crippen molar-refractivity contribution in [3.8, 4) is 0 Å². The van der Waals surface area contributed by atoms with Gasteiger partial charge in [-0.1, -0.05) is 11.6 Å². The molecule has 4 heteroatoms. The highest BCUT2D eigenvalue weighted by Crippen LogP contribution is 2.12. The molecule has 2 rings (SSSR count). The first kappa shape index (κ1) is 13.4. The molecule has 1 aliphatic heterocycles. The number of amides is 1. The van der Waals surface area contributed by atoms with Gasteiger partial charge in [0.15, 0.2) is 6.54 Å². The van der Waals surface area contributed by atoms with Gasteiger partial charge < -0.3 is 10.2 Å². The van der Waals surface area contributed by atoms with Gasteiger partial charge in [-0.05, 0) is 49.9 Å². The van der Waals surface area contributed by atoms with E-state index in [1.165, 1.54) is 30.6 Å². The summed E-state index contributed by atoms with van der Waals surface area (Å²) < 4.78 is 0. The normalized spacial score (nSPS) is 17.2. The molecule has 18 heavy (non-hydrogen) atoms. The first-order valence-electron chi connectivity index (χ1n) is 6.63. The lowest BCUT2D eigenvalue weighted by molar-refractivity contribution is -0.890. The summed E-state index contributed by atoms with van der Waals surface area (Å²) in [6, 6.07) is 7.24. The summed E-state index contributed by atoms with van der Waals surface area (Å²) in [5, 5.41) is 3.60. The number of carbonyl (C=O) groups is 1. The SMILES string of the molecule is O=C(C[NH+]1CCCCCC1)Nc1ccc(Cl)cc1.